The molecule has 1 saturated carbocycles. The van der Waals surface area contributed by atoms with E-state index < -0.39 is 5.97 Å². The van der Waals surface area contributed by atoms with Gasteiger partial charge in [-0.15, -0.1) is 0 Å². The highest BCUT2D eigenvalue weighted by Crippen LogP contribution is 2.24. The number of amides is 2. The summed E-state index contributed by atoms with van der Waals surface area (Å²) in [6.45, 7) is 0. The smallest absolute Gasteiger partial charge is 0.333 e. The van der Waals surface area contributed by atoms with Gasteiger partial charge in [-0.3, -0.25) is 15.6 Å². The third-order valence-corrected chi connectivity index (χ3v) is 3.45. The maximum Gasteiger partial charge on any atom is 0.333 e. The maximum absolute atomic E-state index is 11.7. The largest absolute Gasteiger partial charge is 0.481 e. The maximum atomic E-state index is 11.7. The number of nitrogens with one attached hydrogen (secondary N) is 3. The second-order valence-electron chi connectivity index (χ2n) is 4.99. The van der Waals surface area contributed by atoms with Crippen LogP contribution in [0.5, 0.6) is 0 Å². The number of hydrazine groups is 1. The van der Waals surface area contributed by atoms with E-state index in [-0.39, 0.29) is 18.0 Å². The minimum atomic E-state index is -0.778. The zero-order valence-electron chi connectivity index (χ0n) is 11.1. The van der Waals surface area contributed by atoms with E-state index in [9.17, 15) is 9.59 Å². The fraction of sp³-hybridized carbons (Fsp3) is 0.429. The highest BCUT2D eigenvalue weighted by Gasteiger charge is 2.27. The first-order chi connectivity index (χ1) is 9.65. The number of carboxylic acid groups (broad SMARTS) is 1. The van der Waals surface area contributed by atoms with Crippen LogP contribution in [-0.2, 0) is 4.79 Å². The minimum Gasteiger partial charge on any atom is -0.481 e. The van der Waals surface area contributed by atoms with Crippen molar-refractivity contribution in [1.82, 2.24) is 10.7 Å². The third-order valence-electron chi connectivity index (χ3n) is 3.45. The Bertz CT molecular complexity index is 464. The summed E-state index contributed by atoms with van der Waals surface area (Å²) in [5.74, 6) is -1.13. The van der Waals surface area contributed by atoms with Crippen molar-refractivity contribution in [3.05, 3.63) is 30.3 Å². The molecule has 4 N–H and O–H groups in total. The summed E-state index contributed by atoms with van der Waals surface area (Å²) in [6.07, 6.45) is 2.84. The molecule has 2 unspecified atom stereocenters. The first-order valence-electron chi connectivity index (χ1n) is 6.75. The normalized spacial score (nSPS) is 21.8. The van der Waals surface area contributed by atoms with E-state index in [1.165, 1.54) is 0 Å². The molecule has 0 spiro atoms. The number of rotatable bonds is 4. The third kappa shape index (κ3) is 4.15. The molecule has 1 aliphatic carbocycles. The first kappa shape index (κ1) is 14.2. The van der Waals surface area contributed by atoms with Gasteiger partial charge in [0.15, 0.2) is 0 Å². The van der Waals surface area contributed by atoms with Crippen LogP contribution in [0, 0.1) is 5.92 Å². The molecule has 1 aliphatic rings. The topological polar surface area (TPSA) is 90.5 Å². The number of hydrogen-bond donors (Lipinski definition) is 4. The number of anilines is 1. The SMILES string of the molecule is O=C(NNc1ccccc1)NC1CCCC(C(=O)O)C1. The Balaban J connectivity index is 1.75. The lowest BCUT2D eigenvalue weighted by molar-refractivity contribution is -0.143. The molecule has 6 nitrogen and oxygen atoms in total. The van der Waals surface area contributed by atoms with Gasteiger partial charge in [0, 0.05) is 6.04 Å². The summed E-state index contributed by atoms with van der Waals surface area (Å²) in [4.78, 5) is 22.7. The molecule has 1 aromatic carbocycles. The van der Waals surface area contributed by atoms with Crippen molar-refractivity contribution in [2.45, 2.75) is 31.7 Å². The van der Waals surface area contributed by atoms with E-state index in [4.69, 9.17) is 5.11 Å². The molecule has 108 valence electrons. The second-order valence-corrected chi connectivity index (χ2v) is 4.99. The molecule has 0 heterocycles. The number of carbonyl (C=O) groups is 2. The fourth-order valence-corrected chi connectivity index (χ4v) is 2.42. The van der Waals surface area contributed by atoms with Crippen molar-refractivity contribution >= 4 is 17.7 Å². The number of aliphatic carboxylic acids is 1. The number of carbonyl (C=O) groups excluding carboxylic acids is 1. The number of carboxylic acids is 1. The lowest BCUT2D eigenvalue weighted by Crippen LogP contribution is -2.46. The molecular formula is C14H19N3O3. The van der Waals surface area contributed by atoms with Crippen LogP contribution in [0.1, 0.15) is 25.7 Å². The predicted octanol–water partition coefficient (Wildman–Crippen LogP) is 1.96. The summed E-state index contributed by atoms with van der Waals surface area (Å²) in [6, 6.07) is 8.86. The van der Waals surface area contributed by atoms with Gasteiger partial charge in [-0.25, -0.2) is 4.79 Å². The van der Waals surface area contributed by atoms with Crippen molar-refractivity contribution in [3.8, 4) is 0 Å². The van der Waals surface area contributed by atoms with Gasteiger partial charge in [0.25, 0.3) is 0 Å². The molecule has 0 aliphatic heterocycles. The quantitative estimate of drug-likeness (QED) is 0.633. The molecule has 0 radical (unpaired) electrons. The Kier molecular flexibility index (Phi) is 4.81. The molecule has 1 aromatic rings. The van der Waals surface area contributed by atoms with Crippen LogP contribution in [-0.4, -0.2) is 23.1 Å². The van der Waals surface area contributed by atoms with E-state index in [0.29, 0.717) is 12.8 Å². The number of benzene rings is 1. The molecule has 20 heavy (non-hydrogen) atoms. The van der Waals surface area contributed by atoms with E-state index in [1.807, 2.05) is 30.3 Å². The average Bonchev–Trinajstić information content (AvgIpc) is 2.46. The van der Waals surface area contributed by atoms with Gasteiger partial charge in [-0.1, -0.05) is 24.6 Å². The van der Waals surface area contributed by atoms with E-state index in [1.54, 1.807) is 0 Å². The Hall–Kier alpha value is -2.24. The molecule has 0 bridgehead atoms. The predicted molar refractivity (Wildman–Crippen MR) is 75.1 cm³/mol. The number of hydrogen-bond acceptors (Lipinski definition) is 3. The molecule has 0 saturated heterocycles. The van der Waals surface area contributed by atoms with Crippen molar-refractivity contribution in [2.75, 3.05) is 5.43 Å². The Morgan fingerprint density at radius 1 is 1.15 bits per heavy atom. The van der Waals surface area contributed by atoms with Crippen LogP contribution in [0.2, 0.25) is 0 Å². The van der Waals surface area contributed by atoms with E-state index in [0.717, 1.165) is 18.5 Å². The molecule has 2 rings (SSSR count). The van der Waals surface area contributed by atoms with Crippen LogP contribution in [0.25, 0.3) is 0 Å². The van der Waals surface area contributed by atoms with Crippen molar-refractivity contribution in [3.63, 3.8) is 0 Å². The Labute approximate surface area is 117 Å². The van der Waals surface area contributed by atoms with Crippen molar-refractivity contribution in [2.24, 2.45) is 5.92 Å². The van der Waals surface area contributed by atoms with Crippen molar-refractivity contribution < 1.29 is 14.7 Å². The zero-order valence-corrected chi connectivity index (χ0v) is 11.1. The van der Waals surface area contributed by atoms with Gasteiger partial charge in [-0.05, 0) is 31.4 Å². The van der Waals surface area contributed by atoms with E-state index in [2.05, 4.69) is 16.2 Å². The molecule has 1 fully saturated rings. The van der Waals surface area contributed by atoms with Gasteiger partial charge >= 0.3 is 12.0 Å². The van der Waals surface area contributed by atoms with Crippen molar-refractivity contribution in [1.29, 1.82) is 0 Å². The molecule has 2 atom stereocenters. The molecule has 6 heteroatoms. The van der Waals surface area contributed by atoms with Gasteiger partial charge in [0.1, 0.15) is 0 Å². The van der Waals surface area contributed by atoms with Crippen LogP contribution in [0.4, 0.5) is 10.5 Å². The molecule has 0 aromatic heterocycles. The van der Waals surface area contributed by atoms with E-state index >= 15 is 0 Å². The highest BCUT2D eigenvalue weighted by molar-refractivity contribution is 5.76. The average molecular weight is 277 g/mol. The van der Waals surface area contributed by atoms with Gasteiger partial charge < -0.3 is 10.4 Å². The van der Waals surface area contributed by atoms with Crippen LogP contribution in [0.15, 0.2) is 30.3 Å². The Morgan fingerprint density at radius 2 is 1.90 bits per heavy atom. The minimum absolute atomic E-state index is 0.0811. The zero-order chi connectivity index (χ0) is 14.4. The molecule has 2 amide bonds. The number of para-hydroxylation sites is 1. The summed E-state index contributed by atoms with van der Waals surface area (Å²) >= 11 is 0. The van der Waals surface area contributed by atoms with Crippen LogP contribution >= 0.6 is 0 Å². The number of urea groups is 1. The van der Waals surface area contributed by atoms with Gasteiger partial charge in [-0.2, -0.15) is 0 Å². The van der Waals surface area contributed by atoms with Gasteiger partial charge in [0.2, 0.25) is 0 Å². The fourth-order valence-electron chi connectivity index (χ4n) is 2.42. The summed E-state index contributed by atoms with van der Waals surface area (Å²) < 4.78 is 0. The van der Waals surface area contributed by atoms with Crippen LogP contribution < -0.4 is 16.2 Å². The van der Waals surface area contributed by atoms with Crippen LogP contribution in [0.3, 0.4) is 0 Å². The lowest BCUT2D eigenvalue weighted by Gasteiger charge is -2.27. The monoisotopic (exact) mass is 277 g/mol. The lowest BCUT2D eigenvalue weighted by atomic mass is 9.86. The summed E-state index contributed by atoms with van der Waals surface area (Å²) in [5.41, 5.74) is 6.12. The highest BCUT2D eigenvalue weighted by atomic mass is 16.4. The summed E-state index contributed by atoms with van der Waals surface area (Å²) in [7, 11) is 0. The molecular weight excluding hydrogens is 258 g/mol. The second kappa shape index (κ2) is 6.79. The van der Waals surface area contributed by atoms with Gasteiger partial charge in [0.05, 0.1) is 11.6 Å². The standard InChI is InChI=1S/C14H19N3O3/c18-13(19)10-5-4-8-12(9-10)15-14(20)17-16-11-6-2-1-3-7-11/h1-3,6-7,10,12,16H,4-5,8-9H2,(H,18,19)(H2,15,17,20). The first-order valence-corrected chi connectivity index (χ1v) is 6.75. The summed E-state index contributed by atoms with van der Waals surface area (Å²) in [5, 5.41) is 11.8. The Morgan fingerprint density at radius 3 is 2.60 bits per heavy atom.